The molecular weight excluding hydrogens is 432 g/mol. The molecule has 3 atom stereocenters. The van der Waals surface area contributed by atoms with Crippen molar-refractivity contribution in [3.63, 3.8) is 0 Å². The van der Waals surface area contributed by atoms with Gasteiger partial charge in [0, 0.05) is 5.41 Å². The van der Waals surface area contributed by atoms with Crippen molar-refractivity contribution in [1.82, 2.24) is 15.5 Å². The second-order valence-corrected chi connectivity index (χ2v) is 9.36. The zero-order valence-corrected chi connectivity index (χ0v) is 18.9. The first-order valence-corrected chi connectivity index (χ1v) is 11.2. The fraction of sp³-hybridized carbons (Fsp3) is 0.542. The summed E-state index contributed by atoms with van der Waals surface area (Å²) >= 11 is 0. The van der Waals surface area contributed by atoms with Crippen molar-refractivity contribution in [1.29, 1.82) is 0 Å². The van der Waals surface area contributed by atoms with Crippen LogP contribution in [0.2, 0.25) is 0 Å². The van der Waals surface area contributed by atoms with E-state index < -0.39 is 40.7 Å². The van der Waals surface area contributed by atoms with Crippen molar-refractivity contribution in [2.75, 3.05) is 13.2 Å². The Balaban J connectivity index is 1.71. The predicted molar refractivity (Wildman–Crippen MR) is 116 cm³/mol. The molecule has 0 saturated heterocycles. The summed E-state index contributed by atoms with van der Waals surface area (Å²) in [4.78, 5) is 12.8. The second kappa shape index (κ2) is 8.70. The summed E-state index contributed by atoms with van der Waals surface area (Å²) in [6.45, 7) is 5.14. The van der Waals surface area contributed by atoms with E-state index in [9.17, 15) is 23.8 Å². The van der Waals surface area contributed by atoms with Crippen molar-refractivity contribution in [3.8, 4) is 11.3 Å². The van der Waals surface area contributed by atoms with Gasteiger partial charge in [-0.2, -0.15) is 5.10 Å². The Morgan fingerprint density at radius 2 is 1.91 bits per heavy atom. The molecule has 7 nitrogen and oxygen atoms in total. The van der Waals surface area contributed by atoms with E-state index in [0.29, 0.717) is 18.5 Å². The van der Waals surface area contributed by atoms with Gasteiger partial charge in [0.2, 0.25) is 5.91 Å². The van der Waals surface area contributed by atoms with Crippen molar-refractivity contribution in [2.45, 2.75) is 63.7 Å². The fourth-order valence-electron chi connectivity index (χ4n) is 5.41. The summed E-state index contributed by atoms with van der Waals surface area (Å²) < 4.78 is 35.2. The SMILES string of the molecule is CC[C@@H](O[C@@]12CC[C@@H](c3cc(-c4c(F)cccc4F)nnc31)C2(C)C)C(=O)NC(CO)CO. The third kappa shape index (κ3) is 3.62. The largest absolute Gasteiger partial charge is 0.394 e. The van der Waals surface area contributed by atoms with E-state index in [-0.39, 0.29) is 30.4 Å². The molecule has 0 unspecified atom stereocenters. The monoisotopic (exact) mass is 461 g/mol. The van der Waals surface area contributed by atoms with Crippen LogP contribution in [0.15, 0.2) is 24.3 Å². The van der Waals surface area contributed by atoms with Gasteiger partial charge in [0.25, 0.3) is 0 Å². The summed E-state index contributed by atoms with van der Waals surface area (Å²) in [5, 5.41) is 29.7. The lowest BCUT2D eigenvalue weighted by Gasteiger charge is -2.40. The number of amides is 1. The average Bonchev–Trinajstić information content (AvgIpc) is 3.15. The number of hydrogen-bond donors (Lipinski definition) is 3. The van der Waals surface area contributed by atoms with Crippen LogP contribution in [-0.4, -0.2) is 51.7 Å². The van der Waals surface area contributed by atoms with E-state index in [0.717, 1.165) is 12.0 Å². The number of ether oxygens (including phenoxy) is 1. The maximum atomic E-state index is 14.4. The van der Waals surface area contributed by atoms with Crippen molar-refractivity contribution < 1.29 is 28.5 Å². The first-order valence-electron chi connectivity index (χ1n) is 11.2. The van der Waals surface area contributed by atoms with Gasteiger partial charge in [0.05, 0.1) is 36.2 Å². The van der Waals surface area contributed by atoms with Gasteiger partial charge in [-0.05, 0) is 48.9 Å². The standard InChI is InChI=1S/C24H29F2N3O4/c1-4-19(22(32)27-13(11-30)12-31)33-24-9-8-15(23(24,2)3)14-10-18(28-29-21(14)24)20-16(25)6-5-7-17(20)26/h5-7,10,13,15,19,30-31H,4,8-9,11-12H2,1-3H3,(H,27,32)/t15-,19+,24-/m0/s1. The molecule has 4 rings (SSSR count). The van der Waals surface area contributed by atoms with Gasteiger partial charge in [-0.15, -0.1) is 5.10 Å². The van der Waals surface area contributed by atoms with Crippen LogP contribution in [0, 0.1) is 17.0 Å². The molecule has 33 heavy (non-hydrogen) atoms. The molecule has 0 radical (unpaired) electrons. The van der Waals surface area contributed by atoms with Crippen LogP contribution in [0.5, 0.6) is 0 Å². The minimum atomic E-state index is -0.891. The number of carbonyl (C=O) groups excluding carboxylic acids is 1. The highest BCUT2D eigenvalue weighted by Crippen LogP contribution is 2.68. The highest BCUT2D eigenvalue weighted by atomic mass is 19.1. The maximum Gasteiger partial charge on any atom is 0.249 e. The summed E-state index contributed by atoms with van der Waals surface area (Å²) in [7, 11) is 0. The highest BCUT2D eigenvalue weighted by Gasteiger charge is 2.65. The number of halogens is 2. The van der Waals surface area contributed by atoms with Gasteiger partial charge < -0.3 is 20.3 Å². The number of carbonyl (C=O) groups is 1. The van der Waals surface area contributed by atoms with E-state index in [1.165, 1.54) is 18.2 Å². The van der Waals surface area contributed by atoms with Crippen LogP contribution < -0.4 is 5.32 Å². The molecule has 9 heteroatoms. The Labute approximate surface area is 191 Å². The molecule has 1 fully saturated rings. The van der Waals surface area contributed by atoms with Crippen LogP contribution in [0.3, 0.4) is 0 Å². The summed E-state index contributed by atoms with van der Waals surface area (Å²) in [5.74, 6) is -1.81. The Kier molecular flexibility index (Phi) is 6.24. The summed E-state index contributed by atoms with van der Waals surface area (Å²) in [6, 6.07) is 4.59. The molecule has 178 valence electrons. The number of nitrogens with one attached hydrogen (secondary N) is 1. The molecule has 0 aliphatic heterocycles. The van der Waals surface area contributed by atoms with E-state index in [4.69, 9.17) is 4.74 Å². The van der Waals surface area contributed by atoms with Crippen LogP contribution in [0.25, 0.3) is 11.3 Å². The Morgan fingerprint density at radius 1 is 1.24 bits per heavy atom. The molecule has 2 aliphatic carbocycles. The molecule has 1 saturated carbocycles. The van der Waals surface area contributed by atoms with Crippen molar-refractivity contribution in [3.05, 3.63) is 47.2 Å². The average molecular weight is 462 g/mol. The lowest BCUT2D eigenvalue weighted by molar-refractivity contribution is -0.169. The van der Waals surface area contributed by atoms with Gasteiger partial charge >= 0.3 is 0 Å². The number of aromatic nitrogens is 2. The molecule has 2 aromatic rings. The Bertz CT molecular complexity index is 1040. The molecule has 2 aliphatic rings. The predicted octanol–water partition coefficient (Wildman–Crippen LogP) is 2.80. The van der Waals surface area contributed by atoms with Gasteiger partial charge in [-0.25, -0.2) is 8.78 Å². The van der Waals surface area contributed by atoms with Gasteiger partial charge in [-0.1, -0.05) is 26.8 Å². The normalized spacial score (nSPS) is 23.6. The number of nitrogens with zero attached hydrogens (tertiary/aromatic N) is 2. The zero-order valence-electron chi connectivity index (χ0n) is 18.9. The van der Waals surface area contributed by atoms with Gasteiger partial charge in [0.1, 0.15) is 23.3 Å². The maximum absolute atomic E-state index is 14.4. The molecular formula is C24H29F2N3O4. The third-order valence-corrected chi connectivity index (χ3v) is 7.29. The van der Waals surface area contributed by atoms with Gasteiger partial charge in [-0.3, -0.25) is 4.79 Å². The molecule has 1 heterocycles. The van der Waals surface area contributed by atoms with Crippen molar-refractivity contribution in [2.24, 2.45) is 5.41 Å². The van der Waals surface area contributed by atoms with Crippen LogP contribution in [-0.2, 0) is 15.1 Å². The molecule has 1 aromatic carbocycles. The molecule has 0 spiro atoms. The Morgan fingerprint density at radius 3 is 2.52 bits per heavy atom. The minimum absolute atomic E-state index is 0.0276. The topological polar surface area (TPSA) is 105 Å². The summed E-state index contributed by atoms with van der Waals surface area (Å²) in [5.41, 5.74) is 0.0131. The minimum Gasteiger partial charge on any atom is -0.394 e. The quantitative estimate of drug-likeness (QED) is 0.559. The van der Waals surface area contributed by atoms with Crippen LogP contribution in [0.4, 0.5) is 8.78 Å². The molecule has 2 bridgehead atoms. The molecule has 1 aromatic heterocycles. The number of benzene rings is 1. The van der Waals surface area contributed by atoms with E-state index in [2.05, 4.69) is 15.5 Å². The summed E-state index contributed by atoms with van der Waals surface area (Å²) in [6.07, 6.45) is 0.949. The van der Waals surface area contributed by atoms with E-state index in [1.807, 2.05) is 20.8 Å². The lowest BCUT2D eigenvalue weighted by Crippen LogP contribution is -2.50. The van der Waals surface area contributed by atoms with E-state index in [1.54, 1.807) is 6.07 Å². The number of aliphatic hydroxyl groups excluding tert-OH is 2. The fourth-order valence-corrected chi connectivity index (χ4v) is 5.41. The number of hydrogen-bond acceptors (Lipinski definition) is 6. The molecule has 3 N–H and O–H groups in total. The smallest absolute Gasteiger partial charge is 0.249 e. The van der Waals surface area contributed by atoms with Gasteiger partial charge in [0.15, 0.2) is 0 Å². The van der Waals surface area contributed by atoms with Crippen LogP contribution in [0.1, 0.15) is 57.2 Å². The third-order valence-electron chi connectivity index (χ3n) is 7.29. The van der Waals surface area contributed by atoms with Crippen molar-refractivity contribution >= 4 is 5.91 Å². The molecule has 1 amide bonds. The first kappa shape index (κ1) is 23.7. The first-order chi connectivity index (χ1) is 15.7. The van der Waals surface area contributed by atoms with E-state index >= 15 is 0 Å². The zero-order chi connectivity index (χ0) is 24.0. The second-order valence-electron chi connectivity index (χ2n) is 9.36. The number of aliphatic hydroxyl groups is 2. The van der Waals surface area contributed by atoms with Crippen LogP contribution >= 0.6 is 0 Å². The number of fused-ring (bicyclic) bond motifs is 5. The number of rotatable bonds is 8. The highest BCUT2D eigenvalue weighted by molar-refractivity contribution is 5.81. The lowest BCUT2D eigenvalue weighted by atomic mass is 9.77. The Hall–Kier alpha value is -2.49.